The van der Waals surface area contributed by atoms with Crippen molar-refractivity contribution < 1.29 is 0 Å². The number of benzene rings is 1. The number of aromatic nitrogens is 2. The largest absolute Gasteiger partial charge is 0.289 e. The molecule has 2 heterocycles. The van der Waals surface area contributed by atoms with Crippen molar-refractivity contribution in [1.82, 2.24) is 9.38 Å². The molecule has 0 unspecified atom stereocenters. The summed E-state index contributed by atoms with van der Waals surface area (Å²) < 4.78 is 4.27. The highest BCUT2D eigenvalue weighted by molar-refractivity contribution is 9.10. The molecule has 0 aliphatic rings. The zero-order valence-corrected chi connectivity index (χ0v) is 8.97. The van der Waals surface area contributed by atoms with Crippen LogP contribution < -0.4 is 0 Å². The zero-order valence-electron chi connectivity index (χ0n) is 6.57. The van der Waals surface area contributed by atoms with Crippen LogP contribution in [0, 0.1) is 0 Å². The van der Waals surface area contributed by atoms with E-state index in [0.717, 1.165) is 9.56 Å². The standard InChI is InChI=1S/C9H5BrN2S/c10-8-5-12-6-3-1-2-4-7(6)13-9(12)11-8/h1-5H. The molecule has 0 aliphatic heterocycles. The fraction of sp³-hybridized carbons (Fsp3) is 0. The number of hydrogen-bond acceptors (Lipinski definition) is 2. The summed E-state index contributed by atoms with van der Waals surface area (Å²) in [6.45, 7) is 0. The Hall–Kier alpha value is -0.870. The molecule has 0 aliphatic carbocycles. The third-order valence-electron chi connectivity index (χ3n) is 1.97. The number of nitrogens with zero attached hydrogens (tertiary/aromatic N) is 2. The first-order chi connectivity index (χ1) is 6.34. The molecule has 3 aromatic rings. The molecule has 2 aromatic heterocycles. The van der Waals surface area contributed by atoms with Gasteiger partial charge in [0.2, 0.25) is 0 Å². The Morgan fingerprint density at radius 3 is 3.08 bits per heavy atom. The van der Waals surface area contributed by atoms with Gasteiger partial charge in [-0.05, 0) is 28.1 Å². The Balaban J connectivity index is 2.60. The summed E-state index contributed by atoms with van der Waals surface area (Å²) in [5.41, 5.74) is 1.22. The summed E-state index contributed by atoms with van der Waals surface area (Å²) in [7, 11) is 0. The highest BCUT2D eigenvalue weighted by Crippen LogP contribution is 2.26. The molecule has 0 amide bonds. The minimum absolute atomic E-state index is 0.893. The molecule has 0 fully saturated rings. The van der Waals surface area contributed by atoms with E-state index >= 15 is 0 Å². The van der Waals surface area contributed by atoms with Gasteiger partial charge >= 0.3 is 0 Å². The molecule has 0 atom stereocenters. The summed E-state index contributed by atoms with van der Waals surface area (Å²) in [5.74, 6) is 0. The number of thiazole rings is 1. The fourth-order valence-electron chi connectivity index (χ4n) is 1.42. The quantitative estimate of drug-likeness (QED) is 0.600. The molecular formula is C9H5BrN2S. The summed E-state index contributed by atoms with van der Waals surface area (Å²) >= 11 is 5.07. The van der Waals surface area contributed by atoms with Gasteiger partial charge in [0, 0.05) is 6.20 Å². The average Bonchev–Trinajstić information content (AvgIpc) is 2.60. The maximum atomic E-state index is 4.35. The molecule has 0 radical (unpaired) electrons. The second-order valence-corrected chi connectivity index (χ2v) is 4.61. The molecule has 3 rings (SSSR count). The Morgan fingerprint density at radius 1 is 1.31 bits per heavy atom. The second kappa shape index (κ2) is 2.56. The maximum Gasteiger partial charge on any atom is 0.195 e. The lowest BCUT2D eigenvalue weighted by atomic mass is 10.3. The van der Waals surface area contributed by atoms with E-state index in [1.165, 1.54) is 10.2 Å². The van der Waals surface area contributed by atoms with E-state index in [1.807, 2.05) is 18.3 Å². The number of hydrogen-bond donors (Lipinski definition) is 0. The van der Waals surface area contributed by atoms with Crippen molar-refractivity contribution >= 4 is 42.4 Å². The van der Waals surface area contributed by atoms with Crippen LogP contribution in [0.3, 0.4) is 0 Å². The first-order valence-electron chi connectivity index (χ1n) is 3.87. The Bertz CT molecular complexity index is 581. The van der Waals surface area contributed by atoms with Gasteiger partial charge in [-0.3, -0.25) is 4.40 Å². The van der Waals surface area contributed by atoms with Crippen LogP contribution in [0.2, 0.25) is 0 Å². The van der Waals surface area contributed by atoms with Crippen LogP contribution in [-0.4, -0.2) is 9.38 Å². The third-order valence-corrected chi connectivity index (χ3v) is 3.39. The van der Waals surface area contributed by atoms with Gasteiger partial charge in [-0.2, -0.15) is 0 Å². The zero-order chi connectivity index (χ0) is 8.84. The molecule has 0 saturated heterocycles. The lowest BCUT2D eigenvalue weighted by Gasteiger charge is -1.87. The third kappa shape index (κ3) is 1.02. The Labute approximate surface area is 87.0 Å². The van der Waals surface area contributed by atoms with Gasteiger partial charge in [0.15, 0.2) is 4.96 Å². The van der Waals surface area contributed by atoms with Crippen LogP contribution in [-0.2, 0) is 0 Å². The molecule has 1 aromatic carbocycles. The predicted octanol–water partition coefficient (Wildman–Crippen LogP) is 3.31. The number of imidazole rings is 1. The number of para-hydroxylation sites is 1. The molecule has 4 heteroatoms. The molecule has 0 N–H and O–H groups in total. The van der Waals surface area contributed by atoms with Gasteiger partial charge in [0.1, 0.15) is 4.60 Å². The molecular weight excluding hydrogens is 248 g/mol. The monoisotopic (exact) mass is 252 g/mol. The predicted molar refractivity (Wildman–Crippen MR) is 58.3 cm³/mol. The molecule has 0 bridgehead atoms. The van der Waals surface area contributed by atoms with Gasteiger partial charge in [-0.15, -0.1) is 0 Å². The summed E-state index contributed by atoms with van der Waals surface area (Å²) in [6.07, 6.45) is 1.99. The van der Waals surface area contributed by atoms with Gasteiger partial charge in [0.25, 0.3) is 0 Å². The molecule has 13 heavy (non-hydrogen) atoms. The highest BCUT2D eigenvalue weighted by Gasteiger charge is 2.05. The summed E-state index contributed by atoms with van der Waals surface area (Å²) in [6, 6.07) is 8.31. The number of halogens is 1. The molecule has 0 spiro atoms. The highest BCUT2D eigenvalue weighted by atomic mass is 79.9. The van der Waals surface area contributed by atoms with E-state index in [-0.39, 0.29) is 0 Å². The minimum Gasteiger partial charge on any atom is -0.289 e. The lowest BCUT2D eigenvalue weighted by molar-refractivity contribution is 1.30. The van der Waals surface area contributed by atoms with E-state index in [2.05, 4.69) is 37.4 Å². The lowest BCUT2D eigenvalue weighted by Crippen LogP contribution is -1.74. The molecule has 0 saturated carbocycles. The van der Waals surface area contributed by atoms with Crippen molar-refractivity contribution in [2.24, 2.45) is 0 Å². The van der Waals surface area contributed by atoms with Crippen molar-refractivity contribution in [3.05, 3.63) is 35.1 Å². The van der Waals surface area contributed by atoms with Gasteiger partial charge in [0.05, 0.1) is 10.2 Å². The number of fused-ring (bicyclic) bond motifs is 3. The SMILES string of the molecule is Brc1cn2c(n1)sc1ccccc12. The van der Waals surface area contributed by atoms with Crippen LogP contribution in [0.5, 0.6) is 0 Å². The van der Waals surface area contributed by atoms with E-state index < -0.39 is 0 Å². The normalized spacial score (nSPS) is 11.5. The van der Waals surface area contributed by atoms with Gasteiger partial charge in [-0.1, -0.05) is 23.5 Å². The van der Waals surface area contributed by atoms with Crippen LogP contribution in [0.15, 0.2) is 35.1 Å². The second-order valence-electron chi connectivity index (χ2n) is 2.79. The Kier molecular flexibility index (Phi) is 1.48. The summed E-state index contributed by atoms with van der Waals surface area (Å²) in [4.78, 5) is 5.38. The van der Waals surface area contributed by atoms with Crippen molar-refractivity contribution in [3.8, 4) is 0 Å². The van der Waals surface area contributed by atoms with Crippen molar-refractivity contribution in [2.75, 3.05) is 0 Å². The topological polar surface area (TPSA) is 17.3 Å². The van der Waals surface area contributed by atoms with Crippen LogP contribution in [0.25, 0.3) is 15.2 Å². The molecule has 2 nitrogen and oxygen atoms in total. The van der Waals surface area contributed by atoms with Crippen LogP contribution >= 0.6 is 27.3 Å². The van der Waals surface area contributed by atoms with Crippen LogP contribution in [0.1, 0.15) is 0 Å². The van der Waals surface area contributed by atoms with E-state index in [4.69, 9.17) is 0 Å². The molecule has 64 valence electrons. The van der Waals surface area contributed by atoms with E-state index in [1.54, 1.807) is 11.3 Å². The van der Waals surface area contributed by atoms with Crippen molar-refractivity contribution in [2.45, 2.75) is 0 Å². The first kappa shape index (κ1) is 7.53. The smallest absolute Gasteiger partial charge is 0.195 e. The maximum absolute atomic E-state index is 4.35. The summed E-state index contributed by atoms with van der Waals surface area (Å²) in [5, 5.41) is 0. The van der Waals surface area contributed by atoms with Crippen LogP contribution in [0.4, 0.5) is 0 Å². The van der Waals surface area contributed by atoms with Crippen molar-refractivity contribution in [1.29, 1.82) is 0 Å². The van der Waals surface area contributed by atoms with E-state index in [9.17, 15) is 0 Å². The Morgan fingerprint density at radius 2 is 2.15 bits per heavy atom. The average molecular weight is 253 g/mol. The van der Waals surface area contributed by atoms with Crippen molar-refractivity contribution in [3.63, 3.8) is 0 Å². The first-order valence-corrected chi connectivity index (χ1v) is 5.48. The minimum atomic E-state index is 0.893. The van der Waals surface area contributed by atoms with Gasteiger partial charge < -0.3 is 0 Å². The van der Waals surface area contributed by atoms with Gasteiger partial charge in [-0.25, -0.2) is 4.98 Å². The number of rotatable bonds is 0. The van der Waals surface area contributed by atoms with E-state index in [0.29, 0.717) is 0 Å². The fourth-order valence-corrected chi connectivity index (χ4v) is 2.92.